The smallest absolute Gasteiger partial charge is 0.404 e. The molecule has 2 aromatic heterocycles. The molecule has 1 aromatic carbocycles. The van der Waals surface area contributed by atoms with Crippen LogP contribution in [0.5, 0.6) is 0 Å². The van der Waals surface area contributed by atoms with E-state index in [2.05, 4.69) is 10.3 Å². The van der Waals surface area contributed by atoms with Crippen molar-refractivity contribution in [3.8, 4) is 11.1 Å². The zero-order chi connectivity index (χ0) is 15.7. The Morgan fingerprint density at radius 2 is 2.09 bits per heavy atom. The maximum absolute atomic E-state index is 10.8. The SMILES string of the molecule is O=C(O)NCc1cc2nccn2cc1-c1ccc(Cl)cc1Cl. The molecule has 112 valence electrons. The molecule has 3 rings (SSSR count). The second-order valence-corrected chi connectivity index (χ2v) is 5.53. The Balaban J connectivity index is 2.16. The molecule has 0 atom stereocenters. The number of hydrogen-bond donors (Lipinski definition) is 2. The first-order chi connectivity index (χ1) is 10.5. The highest BCUT2D eigenvalue weighted by molar-refractivity contribution is 6.36. The lowest BCUT2D eigenvalue weighted by Gasteiger charge is -2.12. The number of pyridine rings is 1. The topological polar surface area (TPSA) is 66.6 Å². The van der Waals surface area contributed by atoms with Gasteiger partial charge < -0.3 is 14.8 Å². The van der Waals surface area contributed by atoms with E-state index in [-0.39, 0.29) is 6.54 Å². The minimum absolute atomic E-state index is 0.160. The van der Waals surface area contributed by atoms with Gasteiger partial charge in [-0.15, -0.1) is 0 Å². The lowest BCUT2D eigenvalue weighted by molar-refractivity contribution is 0.194. The van der Waals surface area contributed by atoms with Gasteiger partial charge in [-0.3, -0.25) is 0 Å². The molecule has 0 spiro atoms. The second kappa shape index (κ2) is 5.87. The predicted molar refractivity (Wildman–Crippen MR) is 85.5 cm³/mol. The van der Waals surface area contributed by atoms with Gasteiger partial charge in [0.15, 0.2) is 0 Å². The van der Waals surface area contributed by atoms with Crippen molar-refractivity contribution < 1.29 is 9.90 Å². The zero-order valence-electron chi connectivity index (χ0n) is 11.3. The monoisotopic (exact) mass is 335 g/mol. The van der Waals surface area contributed by atoms with E-state index < -0.39 is 6.09 Å². The molecule has 0 aliphatic rings. The first-order valence-corrected chi connectivity index (χ1v) is 7.18. The summed E-state index contributed by atoms with van der Waals surface area (Å²) in [4.78, 5) is 15.0. The van der Waals surface area contributed by atoms with Crippen LogP contribution in [-0.2, 0) is 6.54 Å². The van der Waals surface area contributed by atoms with Crippen LogP contribution in [0.15, 0.2) is 42.9 Å². The molecule has 2 N–H and O–H groups in total. The van der Waals surface area contributed by atoms with Crippen molar-refractivity contribution in [2.45, 2.75) is 6.54 Å². The van der Waals surface area contributed by atoms with Gasteiger partial charge in [0.1, 0.15) is 5.65 Å². The highest BCUT2D eigenvalue weighted by Crippen LogP contribution is 2.33. The molecule has 0 bridgehead atoms. The van der Waals surface area contributed by atoms with Gasteiger partial charge in [-0.2, -0.15) is 0 Å². The van der Waals surface area contributed by atoms with Crippen molar-refractivity contribution in [3.63, 3.8) is 0 Å². The summed E-state index contributed by atoms with van der Waals surface area (Å²) in [7, 11) is 0. The average Bonchev–Trinajstić information content (AvgIpc) is 2.91. The van der Waals surface area contributed by atoms with E-state index in [1.165, 1.54) is 0 Å². The molecular formula is C15H11Cl2N3O2. The number of benzene rings is 1. The molecule has 5 nitrogen and oxygen atoms in total. The molecule has 0 unspecified atom stereocenters. The number of amides is 1. The van der Waals surface area contributed by atoms with E-state index in [9.17, 15) is 4.79 Å². The van der Waals surface area contributed by atoms with Gasteiger partial charge in [0.25, 0.3) is 0 Å². The van der Waals surface area contributed by atoms with Crippen molar-refractivity contribution in [1.29, 1.82) is 0 Å². The molecule has 0 aliphatic carbocycles. The van der Waals surface area contributed by atoms with Crippen LogP contribution in [-0.4, -0.2) is 20.6 Å². The Bertz CT molecular complexity index is 861. The van der Waals surface area contributed by atoms with Crippen molar-refractivity contribution in [2.24, 2.45) is 0 Å². The maximum Gasteiger partial charge on any atom is 0.404 e. The van der Waals surface area contributed by atoms with Crippen LogP contribution in [0.1, 0.15) is 5.56 Å². The fourth-order valence-corrected chi connectivity index (χ4v) is 2.78. The molecule has 0 aliphatic heterocycles. The van der Waals surface area contributed by atoms with Crippen molar-refractivity contribution >= 4 is 34.9 Å². The van der Waals surface area contributed by atoms with E-state index in [1.54, 1.807) is 18.3 Å². The zero-order valence-corrected chi connectivity index (χ0v) is 12.8. The molecule has 22 heavy (non-hydrogen) atoms. The van der Waals surface area contributed by atoms with E-state index in [0.29, 0.717) is 10.0 Å². The van der Waals surface area contributed by atoms with Crippen LogP contribution in [0.2, 0.25) is 10.0 Å². The summed E-state index contributed by atoms with van der Waals surface area (Å²) >= 11 is 12.2. The minimum Gasteiger partial charge on any atom is -0.465 e. The minimum atomic E-state index is -1.09. The predicted octanol–water partition coefficient (Wildman–Crippen LogP) is 4.08. The number of hydrogen-bond acceptors (Lipinski definition) is 2. The second-order valence-electron chi connectivity index (χ2n) is 4.69. The number of rotatable bonds is 3. The van der Waals surface area contributed by atoms with Crippen LogP contribution < -0.4 is 5.32 Å². The van der Waals surface area contributed by atoms with Crippen LogP contribution in [0.3, 0.4) is 0 Å². The number of aromatic nitrogens is 2. The summed E-state index contributed by atoms with van der Waals surface area (Å²) in [5, 5.41) is 12.2. The van der Waals surface area contributed by atoms with Gasteiger partial charge in [0.2, 0.25) is 0 Å². The normalized spacial score (nSPS) is 10.8. The molecular weight excluding hydrogens is 325 g/mol. The van der Waals surface area contributed by atoms with Gasteiger partial charge in [-0.1, -0.05) is 29.3 Å². The third kappa shape index (κ3) is 2.86. The molecule has 0 saturated heterocycles. The summed E-state index contributed by atoms with van der Waals surface area (Å²) in [6.45, 7) is 0.160. The number of carbonyl (C=O) groups is 1. The summed E-state index contributed by atoms with van der Waals surface area (Å²) in [5.41, 5.74) is 3.12. The van der Waals surface area contributed by atoms with Gasteiger partial charge in [-0.05, 0) is 23.8 Å². The van der Waals surface area contributed by atoms with E-state index in [0.717, 1.165) is 22.3 Å². The van der Waals surface area contributed by atoms with Crippen LogP contribution in [0.4, 0.5) is 4.79 Å². The van der Waals surface area contributed by atoms with Crippen LogP contribution >= 0.6 is 23.2 Å². The van der Waals surface area contributed by atoms with Gasteiger partial charge in [-0.25, -0.2) is 9.78 Å². The standard InChI is InChI=1S/C15H11Cl2N3O2/c16-10-1-2-11(13(17)6-10)12-8-20-4-3-18-14(20)5-9(12)7-19-15(21)22/h1-6,8,19H,7H2,(H,21,22). The average molecular weight is 336 g/mol. The molecule has 7 heteroatoms. The number of imidazole rings is 1. The first kappa shape index (κ1) is 14.7. The Labute approximate surface area is 136 Å². The quantitative estimate of drug-likeness (QED) is 0.757. The number of halogens is 2. The van der Waals surface area contributed by atoms with Gasteiger partial charge >= 0.3 is 6.09 Å². The van der Waals surface area contributed by atoms with E-state index >= 15 is 0 Å². The lowest BCUT2D eigenvalue weighted by atomic mass is 10.0. The van der Waals surface area contributed by atoms with E-state index in [4.69, 9.17) is 28.3 Å². The highest BCUT2D eigenvalue weighted by Gasteiger charge is 2.12. The molecule has 0 saturated carbocycles. The Kier molecular flexibility index (Phi) is 3.92. The third-order valence-corrected chi connectivity index (χ3v) is 3.82. The van der Waals surface area contributed by atoms with Crippen LogP contribution in [0.25, 0.3) is 16.8 Å². The summed E-state index contributed by atoms with van der Waals surface area (Å²) in [5.74, 6) is 0. The number of carboxylic acid groups (broad SMARTS) is 1. The largest absolute Gasteiger partial charge is 0.465 e. The Morgan fingerprint density at radius 3 is 2.82 bits per heavy atom. The molecule has 0 fully saturated rings. The fraction of sp³-hybridized carbons (Fsp3) is 0.0667. The number of nitrogens with one attached hydrogen (secondary N) is 1. The van der Waals surface area contributed by atoms with Crippen LogP contribution in [0, 0.1) is 0 Å². The highest BCUT2D eigenvalue weighted by atomic mass is 35.5. The van der Waals surface area contributed by atoms with Gasteiger partial charge in [0.05, 0.1) is 0 Å². The summed E-state index contributed by atoms with van der Waals surface area (Å²) in [6, 6.07) is 7.05. The Hall–Kier alpha value is -2.24. The third-order valence-electron chi connectivity index (χ3n) is 3.27. The van der Waals surface area contributed by atoms with Gasteiger partial charge in [0, 0.05) is 46.3 Å². The van der Waals surface area contributed by atoms with Crippen molar-refractivity contribution in [1.82, 2.24) is 14.7 Å². The lowest BCUT2D eigenvalue weighted by Crippen LogP contribution is -2.20. The number of nitrogens with zero attached hydrogens (tertiary/aromatic N) is 2. The molecule has 3 aromatic rings. The maximum atomic E-state index is 10.8. The molecule has 0 radical (unpaired) electrons. The molecule has 1 amide bonds. The summed E-state index contributed by atoms with van der Waals surface area (Å²) in [6.07, 6.45) is 4.28. The summed E-state index contributed by atoms with van der Waals surface area (Å²) < 4.78 is 1.85. The first-order valence-electron chi connectivity index (χ1n) is 6.42. The Morgan fingerprint density at radius 1 is 1.27 bits per heavy atom. The molecule has 2 heterocycles. The fourth-order valence-electron chi connectivity index (χ4n) is 2.27. The van der Waals surface area contributed by atoms with Crippen molar-refractivity contribution in [2.75, 3.05) is 0 Å². The van der Waals surface area contributed by atoms with E-state index in [1.807, 2.05) is 28.9 Å². The van der Waals surface area contributed by atoms with Crippen molar-refractivity contribution in [3.05, 3.63) is 58.5 Å². The number of fused-ring (bicyclic) bond motifs is 1.